The average molecular weight is 544 g/mol. The number of carbonyl (C=O) groups is 1. The van der Waals surface area contributed by atoms with Crippen LogP contribution in [-0.4, -0.2) is 56.6 Å². The van der Waals surface area contributed by atoms with Crippen molar-refractivity contribution in [1.82, 2.24) is 30.4 Å². The van der Waals surface area contributed by atoms with Gasteiger partial charge in [-0.2, -0.15) is 5.10 Å². The molecule has 1 amide bonds. The predicted octanol–water partition coefficient (Wildman–Crippen LogP) is 5.37. The molecule has 2 aliphatic rings. The Hall–Kier alpha value is -2.75. The average Bonchev–Trinajstić information content (AvgIpc) is 3.63. The van der Waals surface area contributed by atoms with Crippen LogP contribution in [0.2, 0.25) is 0 Å². The Balaban J connectivity index is 1.12. The molecule has 9 nitrogen and oxygen atoms in total. The topological polar surface area (TPSA) is 106 Å². The number of aryl methyl sites for hydroxylation is 1. The van der Waals surface area contributed by atoms with Crippen LogP contribution in [0.15, 0.2) is 12.4 Å². The molecule has 10 heteroatoms. The first kappa shape index (κ1) is 29.2. The van der Waals surface area contributed by atoms with Gasteiger partial charge in [-0.1, -0.05) is 12.8 Å². The van der Waals surface area contributed by atoms with Crippen LogP contribution in [0.25, 0.3) is 11.3 Å². The van der Waals surface area contributed by atoms with Crippen molar-refractivity contribution < 1.29 is 13.9 Å². The van der Waals surface area contributed by atoms with E-state index < -0.39 is 11.4 Å². The van der Waals surface area contributed by atoms with Crippen LogP contribution in [0.5, 0.6) is 0 Å². The number of alkyl carbamates (subject to hydrolysis) is 1. The summed E-state index contributed by atoms with van der Waals surface area (Å²) in [5.74, 6) is 0.765. The summed E-state index contributed by atoms with van der Waals surface area (Å²) in [7, 11) is 1.92. The van der Waals surface area contributed by atoms with E-state index in [1.807, 2.05) is 32.5 Å². The molecule has 0 bridgehead atoms. The molecule has 2 aromatic heterocycles. The van der Waals surface area contributed by atoms with E-state index in [4.69, 9.17) is 4.74 Å². The van der Waals surface area contributed by atoms with E-state index >= 15 is 0 Å². The monoisotopic (exact) mass is 543 g/mol. The second-order valence-electron chi connectivity index (χ2n) is 12.2. The summed E-state index contributed by atoms with van der Waals surface area (Å²) in [4.78, 5) is 20.5. The van der Waals surface area contributed by atoms with Gasteiger partial charge in [0.15, 0.2) is 5.82 Å². The van der Waals surface area contributed by atoms with Crippen LogP contribution in [0.4, 0.5) is 15.1 Å². The van der Waals surface area contributed by atoms with E-state index in [1.54, 1.807) is 6.20 Å². The molecule has 0 radical (unpaired) electrons. The fourth-order valence-corrected chi connectivity index (χ4v) is 5.16. The molecule has 2 heterocycles. The Morgan fingerprint density at radius 1 is 1.03 bits per heavy atom. The van der Waals surface area contributed by atoms with Crippen LogP contribution < -0.4 is 16.0 Å². The number of halogens is 1. The van der Waals surface area contributed by atoms with Gasteiger partial charge in [-0.25, -0.2) is 19.2 Å². The van der Waals surface area contributed by atoms with Crippen LogP contribution in [-0.2, 0) is 18.2 Å². The molecule has 3 N–H and O–H groups in total. The molecule has 2 fully saturated rings. The zero-order valence-electron chi connectivity index (χ0n) is 24.1. The molecule has 0 spiro atoms. The third-order valence-electron chi connectivity index (χ3n) is 7.50. The largest absolute Gasteiger partial charge is 0.444 e. The van der Waals surface area contributed by atoms with Crippen LogP contribution in [0.1, 0.15) is 90.7 Å². The number of nitrogens with zero attached hydrogens (tertiary/aromatic N) is 4. The molecule has 0 aliphatic heterocycles. The lowest BCUT2D eigenvalue weighted by molar-refractivity contribution is 0.0527. The van der Waals surface area contributed by atoms with Crippen molar-refractivity contribution in [2.45, 2.75) is 109 Å². The van der Waals surface area contributed by atoms with E-state index in [2.05, 4.69) is 31.0 Å². The highest BCUT2D eigenvalue weighted by Crippen LogP contribution is 2.36. The van der Waals surface area contributed by atoms with Crippen molar-refractivity contribution in [3.63, 3.8) is 0 Å². The summed E-state index contributed by atoms with van der Waals surface area (Å²) in [5, 5.41) is 14.3. The zero-order chi connectivity index (χ0) is 27.8. The maximum Gasteiger partial charge on any atom is 0.407 e. The molecular weight excluding hydrogens is 497 g/mol. The molecule has 2 saturated carbocycles. The minimum Gasteiger partial charge on any atom is -0.444 e. The van der Waals surface area contributed by atoms with Gasteiger partial charge >= 0.3 is 6.09 Å². The number of nitrogens with one attached hydrogen (secondary N) is 3. The van der Waals surface area contributed by atoms with Crippen LogP contribution >= 0.6 is 0 Å². The number of rotatable bonds is 13. The first-order chi connectivity index (χ1) is 18.7. The van der Waals surface area contributed by atoms with Crippen molar-refractivity contribution in [1.29, 1.82) is 0 Å². The minimum atomic E-state index is -0.456. The Morgan fingerprint density at radius 3 is 2.41 bits per heavy atom. The van der Waals surface area contributed by atoms with Gasteiger partial charge in [0.25, 0.3) is 0 Å². The quantitative estimate of drug-likeness (QED) is 0.292. The second-order valence-corrected chi connectivity index (χ2v) is 12.2. The molecule has 216 valence electrons. The van der Waals surface area contributed by atoms with Crippen molar-refractivity contribution in [3.8, 4) is 11.3 Å². The smallest absolute Gasteiger partial charge is 0.407 e. The minimum absolute atomic E-state index is 0.290. The third-order valence-corrected chi connectivity index (χ3v) is 7.50. The van der Waals surface area contributed by atoms with E-state index in [1.165, 1.54) is 19.0 Å². The second kappa shape index (κ2) is 13.5. The van der Waals surface area contributed by atoms with Gasteiger partial charge in [0.2, 0.25) is 5.95 Å². The van der Waals surface area contributed by atoms with Crippen molar-refractivity contribution in [2.24, 2.45) is 13.0 Å². The summed E-state index contributed by atoms with van der Waals surface area (Å²) in [6, 6.07) is 0.820. The van der Waals surface area contributed by atoms with Crippen LogP contribution in [0, 0.1) is 11.7 Å². The summed E-state index contributed by atoms with van der Waals surface area (Å²) < 4.78 is 21.8. The van der Waals surface area contributed by atoms with Crippen molar-refractivity contribution >= 4 is 12.0 Å². The first-order valence-electron chi connectivity index (χ1n) is 14.7. The van der Waals surface area contributed by atoms with Gasteiger partial charge in [0, 0.05) is 36.9 Å². The predicted molar refractivity (Wildman–Crippen MR) is 151 cm³/mol. The number of unbranched alkanes of at least 4 members (excludes halogenated alkanes) is 3. The van der Waals surface area contributed by atoms with Gasteiger partial charge in [-0.05, 0) is 91.0 Å². The lowest BCUT2D eigenvalue weighted by Gasteiger charge is -2.30. The molecule has 0 unspecified atom stereocenters. The summed E-state index contributed by atoms with van der Waals surface area (Å²) >= 11 is 0. The van der Waals surface area contributed by atoms with E-state index in [9.17, 15) is 9.18 Å². The Kier molecular flexibility index (Phi) is 10.2. The molecule has 0 saturated heterocycles. The van der Waals surface area contributed by atoms with Gasteiger partial charge in [-0.3, -0.25) is 4.68 Å². The number of carbonyl (C=O) groups excluding carboxylic acids is 1. The van der Waals surface area contributed by atoms with Gasteiger partial charge in [0.05, 0.1) is 12.4 Å². The fraction of sp³-hybridized carbons (Fsp3) is 0.724. The summed E-state index contributed by atoms with van der Waals surface area (Å²) in [6.45, 7) is 7.27. The molecule has 4 rings (SSSR count). The van der Waals surface area contributed by atoms with E-state index in [0.717, 1.165) is 75.6 Å². The Bertz CT molecular complexity index is 1070. The molecule has 39 heavy (non-hydrogen) atoms. The number of anilines is 1. The molecule has 0 aromatic carbocycles. The standard InChI is InChI=1S/C29H46FN7O2/c1-29(2,3)39-28(38)32-16-8-6-5-7-15-31-21-11-13-22(14-12-21)35-27-33-19-24(30)26(36-27)23-18-34-37(4)25(23)17-20-9-10-20/h18-22,31H,5-17H2,1-4H3,(H,32,38)(H,33,35,36). The Morgan fingerprint density at radius 2 is 1.72 bits per heavy atom. The zero-order valence-corrected chi connectivity index (χ0v) is 24.1. The highest BCUT2D eigenvalue weighted by molar-refractivity contribution is 5.67. The SMILES string of the molecule is Cn1ncc(-c2nc(NC3CCC(NCCCCCCNC(=O)OC(C)(C)C)CC3)ncc2F)c1CC1CC1. The summed E-state index contributed by atoms with van der Waals surface area (Å²) in [6.07, 6.45) is 14.6. The van der Waals surface area contributed by atoms with Crippen molar-refractivity contribution in [2.75, 3.05) is 18.4 Å². The van der Waals surface area contributed by atoms with Gasteiger partial charge in [-0.15, -0.1) is 0 Å². The van der Waals surface area contributed by atoms with Crippen LogP contribution in [0.3, 0.4) is 0 Å². The fourth-order valence-electron chi connectivity index (χ4n) is 5.16. The molecular formula is C29H46FN7O2. The lowest BCUT2D eigenvalue weighted by atomic mass is 9.91. The van der Waals surface area contributed by atoms with Gasteiger partial charge in [0.1, 0.15) is 11.3 Å². The number of ether oxygens (including phenoxy) is 1. The maximum atomic E-state index is 14.7. The number of aromatic nitrogens is 4. The van der Waals surface area contributed by atoms with E-state index in [0.29, 0.717) is 36.2 Å². The van der Waals surface area contributed by atoms with Gasteiger partial charge < -0.3 is 20.7 Å². The molecule has 2 aromatic rings. The lowest BCUT2D eigenvalue weighted by Crippen LogP contribution is -2.37. The molecule has 0 atom stereocenters. The van der Waals surface area contributed by atoms with E-state index in [-0.39, 0.29) is 6.09 Å². The van der Waals surface area contributed by atoms with Crippen molar-refractivity contribution in [3.05, 3.63) is 23.9 Å². The summed E-state index contributed by atoms with van der Waals surface area (Å²) in [5.41, 5.74) is 1.71. The third kappa shape index (κ3) is 9.44. The molecule has 2 aliphatic carbocycles. The Labute approximate surface area is 232 Å². The highest BCUT2D eigenvalue weighted by Gasteiger charge is 2.27. The number of hydrogen-bond acceptors (Lipinski definition) is 7. The number of amides is 1. The maximum absolute atomic E-state index is 14.7. The highest BCUT2D eigenvalue weighted by atomic mass is 19.1. The first-order valence-corrected chi connectivity index (χ1v) is 14.7. The number of hydrogen-bond donors (Lipinski definition) is 3. The normalized spacial score (nSPS) is 19.6.